The number of fused-ring (bicyclic) bond motifs is 1. The predicted octanol–water partition coefficient (Wildman–Crippen LogP) is 2.28. The molecule has 1 aromatic heterocycles. The van der Waals surface area contributed by atoms with Crippen LogP contribution in [0.25, 0.3) is 10.9 Å². The second kappa shape index (κ2) is 5.38. The smallest absolute Gasteiger partial charge is 0.255 e. The number of hydrogen-bond donors (Lipinski definition) is 2. The Labute approximate surface area is 122 Å². The van der Waals surface area contributed by atoms with Crippen molar-refractivity contribution in [3.63, 3.8) is 0 Å². The van der Waals surface area contributed by atoms with Crippen molar-refractivity contribution in [2.45, 2.75) is 6.54 Å². The molecule has 3 N–H and O–H groups in total. The summed E-state index contributed by atoms with van der Waals surface area (Å²) in [6.07, 6.45) is 1.80. The maximum atomic E-state index is 12.4. The topological polar surface area (TPSA) is 72.9 Å². The first-order valence-corrected chi connectivity index (χ1v) is 6.70. The Hall–Kier alpha value is -2.66. The molecule has 0 saturated heterocycles. The molecule has 5 heteroatoms. The minimum atomic E-state index is -0.155. The number of nitrogens with one attached hydrogen (secondary N) is 1. The summed E-state index contributed by atoms with van der Waals surface area (Å²) in [4.78, 5) is 12.4. The Bertz CT molecular complexity index is 807. The molecule has 1 amide bonds. The number of aryl methyl sites for hydroxylation is 1. The summed E-state index contributed by atoms with van der Waals surface area (Å²) in [5.41, 5.74) is 8.81. The van der Waals surface area contributed by atoms with Crippen molar-refractivity contribution < 1.29 is 4.79 Å². The first-order valence-electron chi connectivity index (χ1n) is 6.70. The molecule has 2 aromatic carbocycles. The number of rotatable bonds is 3. The van der Waals surface area contributed by atoms with Gasteiger partial charge in [-0.15, -0.1) is 0 Å². The molecule has 1 heterocycles. The Kier molecular flexibility index (Phi) is 3.41. The first-order chi connectivity index (χ1) is 10.2. The predicted molar refractivity (Wildman–Crippen MR) is 83.0 cm³/mol. The molecule has 0 unspecified atom stereocenters. The highest BCUT2D eigenvalue weighted by Crippen LogP contribution is 2.19. The number of anilines is 1. The zero-order chi connectivity index (χ0) is 14.8. The molecule has 0 atom stereocenters. The third-order valence-electron chi connectivity index (χ3n) is 3.49. The van der Waals surface area contributed by atoms with E-state index in [4.69, 9.17) is 5.73 Å². The van der Waals surface area contributed by atoms with E-state index in [0.717, 1.165) is 22.2 Å². The van der Waals surface area contributed by atoms with Crippen LogP contribution in [0.5, 0.6) is 0 Å². The van der Waals surface area contributed by atoms with Gasteiger partial charge in [-0.2, -0.15) is 5.10 Å². The Morgan fingerprint density at radius 1 is 1.29 bits per heavy atom. The van der Waals surface area contributed by atoms with E-state index in [2.05, 4.69) is 10.4 Å². The quantitative estimate of drug-likeness (QED) is 0.773. The van der Waals surface area contributed by atoms with Crippen LogP contribution >= 0.6 is 0 Å². The molecule has 0 radical (unpaired) electrons. The van der Waals surface area contributed by atoms with Gasteiger partial charge in [0, 0.05) is 30.2 Å². The van der Waals surface area contributed by atoms with Crippen LogP contribution in [0.3, 0.4) is 0 Å². The van der Waals surface area contributed by atoms with Crippen LogP contribution in [0.15, 0.2) is 48.7 Å². The van der Waals surface area contributed by atoms with Crippen LogP contribution in [0.4, 0.5) is 5.69 Å². The second-order valence-corrected chi connectivity index (χ2v) is 4.86. The fourth-order valence-corrected chi connectivity index (χ4v) is 2.34. The standard InChI is InChI=1S/C16H16N4O/c1-20-15-8-13(7-6-12(15)10-18-20)19-16(21)14-5-3-2-4-11(14)9-17/h2-8,10H,9,17H2,1H3,(H,19,21). The van der Waals surface area contributed by atoms with Crippen molar-refractivity contribution in [1.82, 2.24) is 9.78 Å². The number of carbonyl (C=O) groups is 1. The SMILES string of the molecule is Cn1ncc2ccc(NC(=O)c3ccccc3CN)cc21. The van der Waals surface area contributed by atoms with Crippen molar-refractivity contribution in [1.29, 1.82) is 0 Å². The zero-order valence-corrected chi connectivity index (χ0v) is 11.7. The average molecular weight is 280 g/mol. The van der Waals surface area contributed by atoms with E-state index in [1.54, 1.807) is 16.9 Å². The van der Waals surface area contributed by atoms with Gasteiger partial charge in [-0.3, -0.25) is 9.48 Å². The van der Waals surface area contributed by atoms with E-state index in [-0.39, 0.29) is 5.91 Å². The van der Waals surface area contributed by atoms with Gasteiger partial charge in [0.15, 0.2) is 0 Å². The van der Waals surface area contributed by atoms with E-state index in [9.17, 15) is 4.79 Å². The van der Waals surface area contributed by atoms with Gasteiger partial charge in [0.25, 0.3) is 5.91 Å². The highest BCUT2D eigenvalue weighted by atomic mass is 16.1. The summed E-state index contributed by atoms with van der Waals surface area (Å²) in [5.74, 6) is -0.155. The molecular weight excluding hydrogens is 264 g/mol. The third kappa shape index (κ3) is 2.51. The fraction of sp³-hybridized carbons (Fsp3) is 0.125. The fourth-order valence-electron chi connectivity index (χ4n) is 2.34. The van der Waals surface area contributed by atoms with Crippen LogP contribution < -0.4 is 11.1 Å². The van der Waals surface area contributed by atoms with Crippen LogP contribution in [0, 0.1) is 0 Å². The van der Waals surface area contributed by atoms with Gasteiger partial charge >= 0.3 is 0 Å². The molecule has 5 nitrogen and oxygen atoms in total. The van der Waals surface area contributed by atoms with Crippen molar-refractivity contribution >= 4 is 22.5 Å². The largest absolute Gasteiger partial charge is 0.326 e. The molecule has 0 aliphatic carbocycles. The monoisotopic (exact) mass is 280 g/mol. The van der Waals surface area contributed by atoms with E-state index < -0.39 is 0 Å². The number of nitrogens with two attached hydrogens (primary N) is 1. The van der Waals surface area contributed by atoms with Gasteiger partial charge in [0.05, 0.1) is 11.7 Å². The van der Waals surface area contributed by atoms with Gasteiger partial charge in [-0.05, 0) is 29.8 Å². The summed E-state index contributed by atoms with van der Waals surface area (Å²) < 4.78 is 1.78. The molecule has 0 fully saturated rings. The number of carbonyl (C=O) groups excluding carboxylic acids is 1. The van der Waals surface area contributed by atoms with Crippen LogP contribution in [0.2, 0.25) is 0 Å². The number of benzene rings is 2. The van der Waals surface area contributed by atoms with E-state index in [0.29, 0.717) is 12.1 Å². The van der Waals surface area contributed by atoms with Gasteiger partial charge in [0.2, 0.25) is 0 Å². The Balaban J connectivity index is 1.90. The summed E-state index contributed by atoms with van der Waals surface area (Å²) in [7, 11) is 1.87. The molecule has 106 valence electrons. The molecule has 21 heavy (non-hydrogen) atoms. The summed E-state index contributed by atoms with van der Waals surface area (Å²) >= 11 is 0. The summed E-state index contributed by atoms with van der Waals surface area (Å²) in [6.45, 7) is 0.338. The van der Waals surface area contributed by atoms with Crippen LogP contribution in [-0.2, 0) is 13.6 Å². The number of nitrogens with zero attached hydrogens (tertiary/aromatic N) is 2. The Morgan fingerprint density at radius 2 is 2.10 bits per heavy atom. The molecular formula is C16H16N4O. The van der Waals surface area contributed by atoms with E-state index >= 15 is 0 Å². The minimum Gasteiger partial charge on any atom is -0.326 e. The van der Waals surface area contributed by atoms with Crippen molar-refractivity contribution in [2.24, 2.45) is 12.8 Å². The molecule has 0 spiro atoms. The van der Waals surface area contributed by atoms with Crippen molar-refractivity contribution in [3.8, 4) is 0 Å². The molecule has 3 rings (SSSR count). The lowest BCUT2D eigenvalue weighted by molar-refractivity contribution is 0.102. The van der Waals surface area contributed by atoms with Gasteiger partial charge < -0.3 is 11.1 Å². The average Bonchev–Trinajstić information content (AvgIpc) is 2.88. The molecule has 0 aliphatic heterocycles. The maximum Gasteiger partial charge on any atom is 0.255 e. The summed E-state index contributed by atoms with van der Waals surface area (Å²) in [5, 5.41) is 8.14. The highest BCUT2D eigenvalue weighted by Gasteiger charge is 2.10. The van der Waals surface area contributed by atoms with Gasteiger partial charge in [-0.25, -0.2) is 0 Å². The lowest BCUT2D eigenvalue weighted by Gasteiger charge is -2.09. The Morgan fingerprint density at radius 3 is 2.90 bits per heavy atom. The number of aromatic nitrogens is 2. The second-order valence-electron chi connectivity index (χ2n) is 4.86. The molecule has 0 saturated carbocycles. The zero-order valence-electron chi connectivity index (χ0n) is 11.7. The first kappa shape index (κ1) is 13.3. The number of hydrogen-bond acceptors (Lipinski definition) is 3. The molecule has 0 aliphatic rings. The lowest BCUT2D eigenvalue weighted by atomic mass is 10.1. The van der Waals surface area contributed by atoms with Crippen molar-refractivity contribution in [3.05, 3.63) is 59.8 Å². The van der Waals surface area contributed by atoms with Gasteiger partial charge in [0.1, 0.15) is 0 Å². The van der Waals surface area contributed by atoms with Crippen LogP contribution in [-0.4, -0.2) is 15.7 Å². The number of amides is 1. The molecule has 3 aromatic rings. The maximum absolute atomic E-state index is 12.4. The lowest BCUT2D eigenvalue weighted by Crippen LogP contribution is -2.15. The molecule has 0 bridgehead atoms. The van der Waals surface area contributed by atoms with E-state index in [1.807, 2.05) is 43.4 Å². The van der Waals surface area contributed by atoms with Gasteiger partial charge in [-0.1, -0.05) is 18.2 Å². The van der Waals surface area contributed by atoms with Crippen LogP contribution in [0.1, 0.15) is 15.9 Å². The normalized spacial score (nSPS) is 10.8. The summed E-state index contributed by atoms with van der Waals surface area (Å²) in [6, 6.07) is 13.1. The van der Waals surface area contributed by atoms with Crippen molar-refractivity contribution in [2.75, 3.05) is 5.32 Å². The highest BCUT2D eigenvalue weighted by molar-refractivity contribution is 6.06. The van der Waals surface area contributed by atoms with E-state index in [1.165, 1.54) is 0 Å². The minimum absolute atomic E-state index is 0.155. The third-order valence-corrected chi connectivity index (χ3v) is 3.49.